The summed E-state index contributed by atoms with van der Waals surface area (Å²) < 4.78 is 6.29. The number of hydrogen-bond donors (Lipinski definition) is 2. The summed E-state index contributed by atoms with van der Waals surface area (Å²) in [4.78, 5) is 26.7. The summed E-state index contributed by atoms with van der Waals surface area (Å²) in [7, 11) is 0. The highest BCUT2D eigenvalue weighted by Gasteiger charge is 2.26. The Balaban J connectivity index is 1.41. The number of halogens is 1. The van der Waals surface area contributed by atoms with E-state index in [1.165, 1.54) is 0 Å². The molecule has 1 aromatic heterocycles. The van der Waals surface area contributed by atoms with E-state index in [1.54, 1.807) is 6.26 Å². The largest absolute Gasteiger partial charge is 0.467 e. The smallest absolute Gasteiger partial charge is 0.234 e. The van der Waals surface area contributed by atoms with Gasteiger partial charge in [0, 0.05) is 16.1 Å². The number of carbonyl (C=O) groups excluding carboxylic acids is 2. The number of likely N-dealkylation sites (tertiary alicyclic amines) is 1. The average molecular weight is 434 g/mol. The number of amides is 2. The van der Waals surface area contributed by atoms with Gasteiger partial charge in [0.25, 0.3) is 0 Å². The van der Waals surface area contributed by atoms with Crippen molar-refractivity contribution in [2.24, 2.45) is 5.92 Å². The van der Waals surface area contributed by atoms with Crippen molar-refractivity contribution < 1.29 is 14.0 Å². The highest BCUT2D eigenvalue weighted by Crippen LogP contribution is 2.21. The fourth-order valence-corrected chi connectivity index (χ4v) is 3.49. The number of benzene rings is 1. The number of furan rings is 1. The van der Waals surface area contributed by atoms with Crippen LogP contribution in [0.2, 0.25) is 0 Å². The van der Waals surface area contributed by atoms with Gasteiger partial charge < -0.3 is 15.1 Å². The van der Waals surface area contributed by atoms with E-state index >= 15 is 0 Å². The van der Waals surface area contributed by atoms with Gasteiger partial charge in [-0.1, -0.05) is 15.9 Å². The molecular weight excluding hydrogens is 410 g/mol. The summed E-state index contributed by atoms with van der Waals surface area (Å²) in [5.41, 5.74) is 0.803. The molecule has 3 rings (SSSR count). The summed E-state index contributed by atoms with van der Waals surface area (Å²) in [6, 6.07) is 11.1. The van der Waals surface area contributed by atoms with E-state index in [0.29, 0.717) is 6.54 Å². The molecule has 0 bridgehead atoms. The maximum atomic E-state index is 12.4. The molecular formula is C20H24BrN3O3. The molecule has 2 amide bonds. The molecule has 1 aliphatic heterocycles. The van der Waals surface area contributed by atoms with Crippen molar-refractivity contribution in [2.75, 3.05) is 25.0 Å². The van der Waals surface area contributed by atoms with Crippen molar-refractivity contribution in [1.82, 2.24) is 10.2 Å². The zero-order valence-electron chi connectivity index (χ0n) is 15.3. The zero-order chi connectivity index (χ0) is 19.2. The van der Waals surface area contributed by atoms with Crippen LogP contribution in [0.15, 0.2) is 51.6 Å². The molecule has 0 radical (unpaired) electrons. The quantitative estimate of drug-likeness (QED) is 0.729. The van der Waals surface area contributed by atoms with E-state index in [1.807, 2.05) is 43.3 Å². The first-order valence-electron chi connectivity index (χ1n) is 9.13. The standard InChI is InChI=1S/C20H24BrN3O3/c1-14(18-3-2-12-27-18)22-19(25)13-24-10-8-15(9-11-24)20(26)23-17-6-4-16(21)5-7-17/h2-7,12,14-15H,8-11,13H2,1H3,(H,22,25)(H,23,26). The molecule has 1 atom stereocenters. The molecule has 1 aromatic carbocycles. The SMILES string of the molecule is CC(NC(=O)CN1CCC(C(=O)Nc2ccc(Br)cc2)CC1)c1ccco1. The Kier molecular flexibility index (Phi) is 6.68. The molecule has 0 aliphatic carbocycles. The Morgan fingerprint density at radius 2 is 1.93 bits per heavy atom. The first-order chi connectivity index (χ1) is 13.0. The lowest BCUT2D eigenvalue weighted by atomic mass is 9.96. The Bertz CT molecular complexity index is 753. The van der Waals surface area contributed by atoms with Crippen molar-refractivity contribution in [3.8, 4) is 0 Å². The van der Waals surface area contributed by atoms with E-state index in [-0.39, 0.29) is 23.8 Å². The molecule has 144 valence electrons. The van der Waals surface area contributed by atoms with E-state index < -0.39 is 0 Å². The Morgan fingerprint density at radius 3 is 2.56 bits per heavy atom. The first kappa shape index (κ1) is 19.6. The molecule has 1 unspecified atom stereocenters. The molecule has 0 spiro atoms. The second-order valence-corrected chi connectivity index (χ2v) is 7.77. The van der Waals surface area contributed by atoms with Crippen LogP contribution in [0.3, 0.4) is 0 Å². The number of anilines is 1. The van der Waals surface area contributed by atoms with Gasteiger partial charge in [-0.05, 0) is 69.3 Å². The lowest BCUT2D eigenvalue weighted by Gasteiger charge is -2.31. The Labute approximate surface area is 167 Å². The van der Waals surface area contributed by atoms with Crippen molar-refractivity contribution in [2.45, 2.75) is 25.8 Å². The Hall–Kier alpha value is -2.12. The monoisotopic (exact) mass is 433 g/mol. The van der Waals surface area contributed by atoms with Gasteiger partial charge in [-0.15, -0.1) is 0 Å². The van der Waals surface area contributed by atoms with Gasteiger partial charge in [-0.25, -0.2) is 0 Å². The summed E-state index contributed by atoms with van der Waals surface area (Å²) in [6.45, 7) is 3.71. The Morgan fingerprint density at radius 1 is 1.22 bits per heavy atom. The second-order valence-electron chi connectivity index (χ2n) is 6.85. The predicted molar refractivity (Wildman–Crippen MR) is 107 cm³/mol. The molecule has 27 heavy (non-hydrogen) atoms. The van der Waals surface area contributed by atoms with Crippen LogP contribution >= 0.6 is 15.9 Å². The van der Waals surface area contributed by atoms with Gasteiger partial charge in [0.1, 0.15) is 5.76 Å². The van der Waals surface area contributed by atoms with Gasteiger partial charge in [0.05, 0.1) is 18.8 Å². The minimum Gasteiger partial charge on any atom is -0.467 e. The van der Waals surface area contributed by atoms with Crippen LogP contribution < -0.4 is 10.6 Å². The van der Waals surface area contributed by atoms with E-state index in [9.17, 15) is 9.59 Å². The maximum Gasteiger partial charge on any atom is 0.234 e. The third kappa shape index (κ3) is 5.68. The fraction of sp³-hybridized carbons (Fsp3) is 0.400. The average Bonchev–Trinajstić information content (AvgIpc) is 3.19. The maximum absolute atomic E-state index is 12.4. The van der Waals surface area contributed by atoms with Crippen LogP contribution in [0.4, 0.5) is 5.69 Å². The summed E-state index contributed by atoms with van der Waals surface area (Å²) >= 11 is 3.38. The van der Waals surface area contributed by atoms with Crippen molar-refractivity contribution in [1.29, 1.82) is 0 Å². The fourth-order valence-electron chi connectivity index (χ4n) is 3.23. The van der Waals surface area contributed by atoms with Gasteiger partial charge in [0.2, 0.25) is 11.8 Å². The predicted octanol–water partition coefficient (Wildman–Crippen LogP) is 3.57. The van der Waals surface area contributed by atoms with Crippen molar-refractivity contribution >= 4 is 33.4 Å². The molecule has 1 fully saturated rings. The minimum absolute atomic E-state index is 0.0185. The molecule has 7 heteroatoms. The van der Waals surface area contributed by atoms with Crippen molar-refractivity contribution in [3.05, 3.63) is 52.9 Å². The third-order valence-electron chi connectivity index (χ3n) is 4.78. The van der Waals surface area contributed by atoms with Crippen LogP contribution in [0.1, 0.15) is 31.6 Å². The number of nitrogens with one attached hydrogen (secondary N) is 2. The molecule has 2 N–H and O–H groups in total. The van der Waals surface area contributed by atoms with Gasteiger partial charge in [-0.3, -0.25) is 14.5 Å². The topological polar surface area (TPSA) is 74.6 Å². The van der Waals surface area contributed by atoms with Crippen LogP contribution in [-0.2, 0) is 9.59 Å². The summed E-state index contributed by atoms with van der Waals surface area (Å²) in [5.74, 6) is 0.742. The highest BCUT2D eigenvalue weighted by atomic mass is 79.9. The van der Waals surface area contributed by atoms with E-state index in [2.05, 4.69) is 31.5 Å². The zero-order valence-corrected chi connectivity index (χ0v) is 16.9. The lowest BCUT2D eigenvalue weighted by Crippen LogP contribution is -2.43. The van der Waals surface area contributed by atoms with Gasteiger partial charge in [-0.2, -0.15) is 0 Å². The number of piperidine rings is 1. The van der Waals surface area contributed by atoms with Crippen LogP contribution in [0.25, 0.3) is 0 Å². The summed E-state index contributed by atoms with van der Waals surface area (Å²) in [5, 5.41) is 5.91. The first-order valence-corrected chi connectivity index (χ1v) is 9.92. The molecule has 0 saturated carbocycles. The number of rotatable bonds is 6. The molecule has 1 saturated heterocycles. The van der Waals surface area contributed by atoms with Crippen molar-refractivity contribution in [3.63, 3.8) is 0 Å². The van der Waals surface area contributed by atoms with E-state index in [0.717, 1.165) is 41.9 Å². The number of carbonyl (C=O) groups is 2. The molecule has 6 nitrogen and oxygen atoms in total. The molecule has 2 aromatic rings. The highest BCUT2D eigenvalue weighted by molar-refractivity contribution is 9.10. The van der Waals surface area contributed by atoms with Crippen LogP contribution in [-0.4, -0.2) is 36.3 Å². The third-order valence-corrected chi connectivity index (χ3v) is 5.31. The minimum atomic E-state index is -0.151. The van der Waals surface area contributed by atoms with Gasteiger partial charge >= 0.3 is 0 Å². The van der Waals surface area contributed by atoms with Crippen LogP contribution in [0.5, 0.6) is 0 Å². The normalized spacial score (nSPS) is 16.7. The number of nitrogens with zero attached hydrogens (tertiary/aromatic N) is 1. The van der Waals surface area contributed by atoms with Crippen LogP contribution in [0, 0.1) is 5.92 Å². The molecule has 1 aliphatic rings. The molecule has 2 heterocycles. The number of hydrogen-bond acceptors (Lipinski definition) is 4. The van der Waals surface area contributed by atoms with E-state index in [4.69, 9.17) is 4.42 Å². The second kappa shape index (κ2) is 9.19. The van der Waals surface area contributed by atoms with Gasteiger partial charge in [0.15, 0.2) is 0 Å². The summed E-state index contributed by atoms with van der Waals surface area (Å²) in [6.07, 6.45) is 3.11. The lowest BCUT2D eigenvalue weighted by molar-refractivity contribution is -0.124.